The Morgan fingerprint density at radius 3 is 2.90 bits per heavy atom. The van der Waals surface area contributed by atoms with Gasteiger partial charge in [0.05, 0.1) is 5.69 Å². The van der Waals surface area contributed by atoms with Gasteiger partial charge in [0, 0.05) is 38.3 Å². The average molecular weight is 296 g/mol. The molecule has 0 saturated carbocycles. The number of hydrogen-bond acceptors (Lipinski definition) is 4. The molecule has 114 valence electrons. The second-order valence-corrected chi connectivity index (χ2v) is 5.79. The summed E-state index contributed by atoms with van der Waals surface area (Å²) in [5.74, 6) is 0. The van der Waals surface area contributed by atoms with Gasteiger partial charge in [0.25, 0.3) is 6.43 Å². The Labute approximate surface area is 121 Å². The van der Waals surface area contributed by atoms with E-state index < -0.39 is 12.0 Å². The summed E-state index contributed by atoms with van der Waals surface area (Å²) in [5.41, 5.74) is 0.771. The molecule has 21 heavy (non-hydrogen) atoms. The molecule has 1 N–H and O–H groups in total. The lowest BCUT2D eigenvalue weighted by molar-refractivity contribution is -0.0872. The van der Waals surface area contributed by atoms with E-state index in [1.165, 1.54) is 0 Å². The third kappa shape index (κ3) is 2.51. The van der Waals surface area contributed by atoms with Crippen molar-refractivity contribution in [3.63, 3.8) is 0 Å². The molecule has 0 bridgehead atoms. The van der Waals surface area contributed by atoms with Crippen LogP contribution >= 0.6 is 0 Å². The lowest BCUT2D eigenvalue weighted by Gasteiger charge is -2.22. The summed E-state index contributed by atoms with van der Waals surface area (Å²) in [5, 5.41) is 15.1. The molecule has 0 radical (unpaired) electrons. The van der Waals surface area contributed by atoms with Gasteiger partial charge in [-0.3, -0.25) is 9.58 Å². The lowest BCUT2D eigenvalue weighted by Crippen LogP contribution is -2.40. The van der Waals surface area contributed by atoms with Crippen molar-refractivity contribution in [2.75, 3.05) is 13.1 Å². The molecular weight excluding hydrogens is 278 g/mol. The largest absolute Gasteiger partial charge is 0.383 e. The Balaban J connectivity index is 1.79. The number of pyridine rings is 1. The zero-order valence-corrected chi connectivity index (χ0v) is 12.1. The summed E-state index contributed by atoms with van der Waals surface area (Å²) >= 11 is 0. The first kappa shape index (κ1) is 14.3. The minimum absolute atomic E-state index is 0.00523. The minimum Gasteiger partial charge on any atom is -0.383 e. The summed E-state index contributed by atoms with van der Waals surface area (Å²) in [6.45, 7) is 2.88. The summed E-state index contributed by atoms with van der Waals surface area (Å²) in [6.07, 6.45) is -0.862. The molecule has 2 aromatic rings. The van der Waals surface area contributed by atoms with E-state index in [1.807, 2.05) is 24.9 Å². The SMILES string of the molecule is Cc1nn(C)c2ncc(CN3CCC(O)(C(F)F)C3)cc12. The average Bonchev–Trinajstić information content (AvgIpc) is 2.93. The highest BCUT2D eigenvalue weighted by atomic mass is 19.3. The molecule has 7 heteroatoms. The first-order valence-electron chi connectivity index (χ1n) is 6.90. The maximum absolute atomic E-state index is 12.8. The Kier molecular flexibility index (Phi) is 3.41. The summed E-state index contributed by atoms with van der Waals surface area (Å²) < 4.78 is 27.3. The quantitative estimate of drug-likeness (QED) is 0.932. The zero-order valence-electron chi connectivity index (χ0n) is 12.1. The predicted molar refractivity (Wildman–Crippen MR) is 74.1 cm³/mol. The normalized spacial score (nSPS) is 23.5. The first-order chi connectivity index (χ1) is 9.89. The fraction of sp³-hybridized carbons (Fsp3) is 0.571. The molecule has 0 amide bonds. The van der Waals surface area contributed by atoms with E-state index >= 15 is 0 Å². The van der Waals surface area contributed by atoms with Crippen LogP contribution in [0.25, 0.3) is 11.0 Å². The molecule has 1 atom stereocenters. The Morgan fingerprint density at radius 2 is 2.24 bits per heavy atom. The number of rotatable bonds is 3. The van der Waals surface area contributed by atoms with E-state index in [9.17, 15) is 13.9 Å². The molecule has 0 aliphatic carbocycles. The molecule has 1 aliphatic rings. The number of nitrogens with zero attached hydrogens (tertiary/aromatic N) is 4. The molecule has 1 saturated heterocycles. The van der Waals surface area contributed by atoms with E-state index in [2.05, 4.69) is 10.1 Å². The van der Waals surface area contributed by atoms with Gasteiger partial charge in [-0.25, -0.2) is 13.8 Å². The summed E-state index contributed by atoms with van der Waals surface area (Å²) in [7, 11) is 1.84. The second-order valence-electron chi connectivity index (χ2n) is 5.79. The van der Waals surface area contributed by atoms with Crippen molar-refractivity contribution in [3.8, 4) is 0 Å². The molecule has 1 fully saturated rings. The van der Waals surface area contributed by atoms with E-state index in [4.69, 9.17) is 0 Å². The highest BCUT2D eigenvalue weighted by Gasteiger charge is 2.43. The molecule has 2 aromatic heterocycles. The van der Waals surface area contributed by atoms with Gasteiger partial charge in [0.1, 0.15) is 5.60 Å². The number of aromatic nitrogens is 3. The monoisotopic (exact) mass is 296 g/mol. The number of aliphatic hydroxyl groups is 1. The fourth-order valence-corrected chi connectivity index (χ4v) is 2.91. The zero-order chi connectivity index (χ0) is 15.2. The smallest absolute Gasteiger partial charge is 0.268 e. The van der Waals surface area contributed by atoms with Crippen LogP contribution in [0.5, 0.6) is 0 Å². The standard InChI is InChI=1S/C14H18F2N4O/c1-9-11-5-10(6-17-12(11)19(2)18-9)7-20-4-3-14(21,8-20)13(15)16/h5-6,13,21H,3-4,7-8H2,1-2H3. The molecular formula is C14H18F2N4O. The van der Waals surface area contributed by atoms with Crippen LogP contribution in [0.2, 0.25) is 0 Å². The first-order valence-corrected chi connectivity index (χ1v) is 6.90. The minimum atomic E-state index is -2.70. The van der Waals surface area contributed by atoms with Gasteiger partial charge < -0.3 is 5.11 Å². The summed E-state index contributed by atoms with van der Waals surface area (Å²) in [6, 6.07) is 1.99. The van der Waals surface area contributed by atoms with Gasteiger partial charge in [-0.1, -0.05) is 0 Å². The molecule has 5 nitrogen and oxygen atoms in total. The Hall–Kier alpha value is -1.60. The molecule has 1 unspecified atom stereocenters. The Bertz CT molecular complexity index is 672. The van der Waals surface area contributed by atoms with Crippen molar-refractivity contribution in [2.24, 2.45) is 7.05 Å². The van der Waals surface area contributed by atoms with Crippen molar-refractivity contribution >= 4 is 11.0 Å². The van der Waals surface area contributed by atoms with Crippen LogP contribution in [0.4, 0.5) is 8.78 Å². The van der Waals surface area contributed by atoms with Crippen LogP contribution in [-0.4, -0.2) is 49.9 Å². The molecule has 3 heterocycles. The van der Waals surface area contributed by atoms with E-state index in [-0.39, 0.29) is 13.0 Å². The number of fused-ring (bicyclic) bond motifs is 1. The third-order valence-electron chi connectivity index (χ3n) is 4.09. The van der Waals surface area contributed by atoms with Gasteiger partial charge >= 0.3 is 0 Å². The fourth-order valence-electron chi connectivity index (χ4n) is 2.91. The highest BCUT2D eigenvalue weighted by Crippen LogP contribution is 2.29. The number of alkyl halides is 2. The van der Waals surface area contributed by atoms with E-state index in [0.29, 0.717) is 13.1 Å². The molecule has 0 aromatic carbocycles. The van der Waals surface area contributed by atoms with Crippen molar-refractivity contribution in [1.82, 2.24) is 19.7 Å². The highest BCUT2D eigenvalue weighted by molar-refractivity contribution is 5.78. The Morgan fingerprint density at radius 1 is 1.48 bits per heavy atom. The van der Waals surface area contributed by atoms with Crippen LogP contribution in [0, 0.1) is 6.92 Å². The van der Waals surface area contributed by atoms with Crippen molar-refractivity contribution in [3.05, 3.63) is 23.5 Å². The van der Waals surface area contributed by atoms with Crippen molar-refractivity contribution in [1.29, 1.82) is 0 Å². The summed E-state index contributed by atoms with van der Waals surface area (Å²) in [4.78, 5) is 6.21. The third-order valence-corrected chi connectivity index (χ3v) is 4.09. The number of aryl methyl sites for hydroxylation is 2. The maximum Gasteiger partial charge on any atom is 0.268 e. The van der Waals surface area contributed by atoms with Crippen molar-refractivity contribution < 1.29 is 13.9 Å². The molecule has 0 spiro atoms. The number of halogens is 2. The predicted octanol–water partition coefficient (Wildman–Crippen LogP) is 1.48. The van der Waals surface area contributed by atoms with Crippen LogP contribution < -0.4 is 0 Å². The van der Waals surface area contributed by atoms with E-state index in [1.54, 1.807) is 10.9 Å². The molecule has 1 aliphatic heterocycles. The van der Waals surface area contributed by atoms with E-state index in [0.717, 1.165) is 22.3 Å². The lowest BCUT2D eigenvalue weighted by atomic mass is 10.1. The van der Waals surface area contributed by atoms with Crippen LogP contribution in [-0.2, 0) is 13.6 Å². The maximum atomic E-state index is 12.8. The van der Waals surface area contributed by atoms with Gasteiger partial charge in [-0.15, -0.1) is 0 Å². The van der Waals surface area contributed by atoms with Gasteiger partial charge in [0.2, 0.25) is 0 Å². The number of β-amino-alcohol motifs (C(OH)–C–C–N with tert-alkyl or cyclic N) is 1. The van der Waals surface area contributed by atoms with Crippen LogP contribution in [0.1, 0.15) is 17.7 Å². The number of likely N-dealkylation sites (tertiary alicyclic amines) is 1. The van der Waals surface area contributed by atoms with Crippen LogP contribution in [0.3, 0.4) is 0 Å². The van der Waals surface area contributed by atoms with Crippen LogP contribution in [0.15, 0.2) is 12.3 Å². The molecule has 3 rings (SSSR count). The number of hydrogen-bond donors (Lipinski definition) is 1. The van der Waals surface area contributed by atoms with Gasteiger partial charge in [-0.2, -0.15) is 5.10 Å². The topological polar surface area (TPSA) is 54.2 Å². The van der Waals surface area contributed by atoms with Crippen molar-refractivity contribution in [2.45, 2.75) is 31.9 Å². The second kappa shape index (κ2) is 4.99. The van der Waals surface area contributed by atoms with Gasteiger partial charge in [0.15, 0.2) is 5.65 Å². The van der Waals surface area contributed by atoms with Gasteiger partial charge in [-0.05, 0) is 25.0 Å².